The highest BCUT2D eigenvalue weighted by Crippen LogP contribution is 2.26. The van der Waals surface area contributed by atoms with Crippen LogP contribution in [0.4, 0.5) is 0 Å². The highest BCUT2D eigenvalue weighted by Gasteiger charge is 2.27. The molecule has 0 saturated heterocycles. The van der Waals surface area contributed by atoms with Crippen molar-refractivity contribution in [2.24, 2.45) is 5.73 Å². The maximum atomic E-state index is 8.64. The van der Waals surface area contributed by atoms with E-state index in [9.17, 15) is 0 Å². The molecule has 1 unspecified atom stereocenters. The zero-order valence-electron chi connectivity index (χ0n) is 5.34. The van der Waals surface area contributed by atoms with Gasteiger partial charge >= 0.3 is 0 Å². The summed E-state index contributed by atoms with van der Waals surface area (Å²) in [4.78, 5) is 0. The molecule has 1 rings (SSSR count). The summed E-state index contributed by atoms with van der Waals surface area (Å²) in [6.45, 7) is 0. The van der Waals surface area contributed by atoms with Crippen LogP contribution in [0.15, 0.2) is 22.7 Å². The van der Waals surface area contributed by atoms with E-state index in [0.29, 0.717) is 6.42 Å². The third-order valence-electron chi connectivity index (χ3n) is 1.44. The molecule has 10 heavy (non-hydrogen) atoms. The van der Waals surface area contributed by atoms with E-state index in [-0.39, 0.29) is 0 Å². The van der Waals surface area contributed by atoms with Gasteiger partial charge in [-0.05, 0) is 6.08 Å². The lowest BCUT2D eigenvalue weighted by atomic mass is 9.94. The Morgan fingerprint density at radius 3 is 2.90 bits per heavy atom. The molecule has 52 valence electrons. The predicted octanol–water partition coefficient (Wildman–Crippen LogP) is 1.45. The van der Waals surface area contributed by atoms with Gasteiger partial charge in [-0.25, -0.2) is 0 Å². The van der Waals surface area contributed by atoms with Crippen molar-refractivity contribution >= 4 is 15.9 Å². The second-order valence-corrected chi connectivity index (χ2v) is 3.08. The molecule has 0 saturated carbocycles. The van der Waals surface area contributed by atoms with Crippen LogP contribution in [0.3, 0.4) is 0 Å². The summed E-state index contributed by atoms with van der Waals surface area (Å²) in [5.74, 6) is 0. The minimum atomic E-state index is -0.825. The molecule has 2 N–H and O–H groups in total. The van der Waals surface area contributed by atoms with E-state index < -0.39 is 5.54 Å². The SMILES string of the molecule is N#CC1(N)CC=CC=C1Br. The van der Waals surface area contributed by atoms with Gasteiger partial charge in [0.2, 0.25) is 0 Å². The summed E-state index contributed by atoms with van der Waals surface area (Å²) in [6, 6.07) is 2.04. The molecule has 0 heterocycles. The largest absolute Gasteiger partial charge is 0.309 e. The summed E-state index contributed by atoms with van der Waals surface area (Å²) in [5, 5.41) is 8.64. The van der Waals surface area contributed by atoms with Crippen LogP contribution >= 0.6 is 15.9 Å². The van der Waals surface area contributed by atoms with Gasteiger partial charge in [0.05, 0.1) is 6.07 Å². The maximum Gasteiger partial charge on any atom is 0.139 e. The van der Waals surface area contributed by atoms with Gasteiger partial charge < -0.3 is 5.73 Å². The first kappa shape index (κ1) is 7.52. The minimum absolute atomic E-state index is 0.584. The molecule has 0 spiro atoms. The number of nitrogens with zero attached hydrogens (tertiary/aromatic N) is 1. The van der Waals surface area contributed by atoms with Crippen LogP contribution in [-0.2, 0) is 0 Å². The van der Waals surface area contributed by atoms with Gasteiger partial charge in [-0.15, -0.1) is 0 Å². The molecular formula is C7H7BrN2. The van der Waals surface area contributed by atoms with E-state index in [4.69, 9.17) is 11.0 Å². The lowest BCUT2D eigenvalue weighted by Crippen LogP contribution is -2.38. The van der Waals surface area contributed by atoms with Crippen LogP contribution in [0.1, 0.15) is 6.42 Å². The second kappa shape index (κ2) is 2.57. The molecule has 0 aliphatic heterocycles. The summed E-state index contributed by atoms with van der Waals surface area (Å²) in [6.07, 6.45) is 6.15. The first-order valence-electron chi connectivity index (χ1n) is 2.92. The zero-order chi connectivity index (χ0) is 7.61. The average molecular weight is 199 g/mol. The molecule has 0 aromatic carbocycles. The van der Waals surface area contributed by atoms with E-state index >= 15 is 0 Å². The van der Waals surface area contributed by atoms with E-state index in [1.165, 1.54) is 0 Å². The standard InChI is InChI=1S/C7H7BrN2/c8-6-3-1-2-4-7(6,10)5-9/h1-3H,4,10H2. The molecule has 0 aromatic heterocycles. The van der Waals surface area contributed by atoms with Crippen molar-refractivity contribution in [3.8, 4) is 6.07 Å². The van der Waals surface area contributed by atoms with Gasteiger partial charge in [0, 0.05) is 10.9 Å². The molecule has 3 heteroatoms. The van der Waals surface area contributed by atoms with Crippen LogP contribution in [-0.4, -0.2) is 5.54 Å². The first-order valence-corrected chi connectivity index (χ1v) is 3.71. The van der Waals surface area contributed by atoms with Crippen molar-refractivity contribution < 1.29 is 0 Å². The normalized spacial score (nSPS) is 31.1. The summed E-state index contributed by atoms with van der Waals surface area (Å²) < 4.78 is 0.755. The van der Waals surface area contributed by atoms with Crippen LogP contribution in [0.2, 0.25) is 0 Å². The fourth-order valence-corrected chi connectivity index (χ4v) is 1.15. The molecule has 0 bridgehead atoms. The number of allylic oxidation sites excluding steroid dienone is 2. The van der Waals surface area contributed by atoms with Crippen LogP contribution in [0.5, 0.6) is 0 Å². The zero-order valence-corrected chi connectivity index (χ0v) is 6.93. The number of rotatable bonds is 0. The third kappa shape index (κ3) is 1.13. The molecule has 1 atom stereocenters. The molecule has 1 aliphatic carbocycles. The van der Waals surface area contributed by atoms with Crippen molar-refractivity contribution in [3.63, 3.8) is 0 Å². The predicted molar refractivity (Wildman–Crippen MR) is 43.3 cm³/mol. The number of nitriles is 1. The fourth-order valence-electron chi connectivity index (χ4n) is 0.752. The summed E-state index contributed by atoms with van der Waals surface area (Å²) in [5.41, 5.74) is 4.85. The lowest BCUT2D eigenvalue weighted by Gasteiger charge is -2.21. The summed E-state index contributed by atoms with van der Waals surface area (Å²) in [7, 11) is 0. The Balaban J connectivity index is 2.95. The monoisotopic (exact) mass is 198 g/mol. The van der Waals surface area contributed by atoms with Crippen molar-refractivity contribution in [1.29, 1.82) is 5.26 Å². The second-order valence-electron chi connectivity index (χ2n) is 2.23. The quantitative estimate of drug-likeness (QED) is 0.641. The average Bonchev–Trinajstić information content (AvgIpc) is 1.96. The maximum absolute atomic E-state index is 8.64. The number of hydrogen-bond donors (Lipinski definition) is 1. The van der Waals surface area contributed by atoms with Crippen molar-refractivity contribution in [1.82, 2.24) is 0 Å². The van der Waals surface area contributed by atoms with Crippen molar-refractivity contribution in [2.45, 2.75) is 12.0 Å². The Hall–Kier alpha value is -0.590. The number of nitrogens with two attached hydrogens (primary N) is 1. The van der Waals surface area contributed by atoms with Gasteiger partial charge in [0.25, 0.3) is 0 Å². The van der Waals surface area contributed by atoms with Crippen molar-refractivity contribution in [2.75, 3.05) is 0 Å². The Morgan fingerprint density at radius 1 is 1.80 bits per heavy atom. The number of halogens is 1. The Labute approximate surface area is 68.1 Å². The van der Waals surface area contributed by atoms with E-state index in [2.05, 4.69) is 15.9 Å². The Morgan fingerprint density at radius 2 is 2.50 bits per heavy atom. The van der Waals surface area contributed by atoms with Crippen LogP contribution in [0.25, 0.3) is 0 Å². The third-order valence-corrected chi connectivity index (χ3v) is 2.42. The van der Waals surface area contributed by atoms with E-state index in [1.54, 1.807) is 6.08 Å². The molecule has 0 amide bonds. The van der Waals surface area contributed by atoms with Gasteiger partial charge in [-0.1, -0.05) is 28.1 Å². The molecule has 0 fully saturated rings. The molecule has 0 aromatic rings. The van der Waals surface area contributed by atoms with Crippen molar-refractivity contribution in [3.05, 3.63) is 22.7 Å². The van der Waals surface area contributed by atoms with Gasteiger partial charge in [0.15, 0.2) is 0 Å². The molecule has 0 radical (unpaired) electrons. The highest BCUT2D eigenvalue weighted by molar-refractivity contribution is 9.11. The Kier molecular flexibility index (Phi) is 1.93. The van der Waals surface area contributed by atoms with E-state index in [0.717, 1.165) is 4.48 Å². The lowest BCUT2D eigenvalue weighted by molar-refractivity contribution is 0.666. The minimum Gasteiger partial charge on any atom is -0.309 e. The van der Waals surface area contributed by atoms with E-state index in [1.807, 2.05) is 18.2 Å². The number of hydrogen-bond acceptors (Lipinski definition) is 2. The van der Waals surface area contributed by atoms with Gasteiger partial charge in [-0.2, -0.15) is 5.26 Å². The fraction of sp³-hybridized carbons (Fsp3) is 0.286. The molecule has 1 aliphatic rings. The van der Waals surface area contributed by atoms with Crippen LogP contribution < -0.4 is 5.73 Å². The Bertz CT molecular complexity index is 236. The topological polar surface area (TPSA) is 49.8 Å². The highest BCUT2D eigenvalue weighted by atomic mass is 79.9. The van der Waals surface area contributed by atoms with Gasteiger partial charge in [0.1, 0.15) is 5.54 Å². The smallest absolute Gasteiger partial charge is 0.139 e. The summed E-state index contributed by atoms with van der Waals surface area (Å²) >= 11 is 3.23. The van der Waals surface area contributed by atoms with Crippen LogP contribution in [0, 0.1) is 11.3 Å². The molecular weight excluding hydrogens is 192 g/mol. The molecule has 2 nitrogen and oxygen atoms in total. The van der Waals surface area contributed by atoms with Gasteiger partial charge in [-0.3, -0.25) is 0 Å². The first-order chi connectivity index (χ1) is 4.69.